The molecule has 2 aromatic carbocycles. The van der Waals surface area contributed by atoms with Crippen LogP contribution in [0.2, 0.25) is 0 Å². The van der Waals surface area contributed by atoms with E-state index < -0.39 is 35.8 Å². The lowest BCUT2D eigenvalue weighted by atomic mass is 10.1. The lowest BCUT2D eigenvalue weighted by Crippen LogP contribution is -2.23. The molecule has 150 valence electrons. The molecule has 0 saturated carbocycles. The van der Waals surface area contributed by atoms with Gasteiger partial charge in [0, 0.05) is 6.07 Å². The molecule has 0 aliphatic heterocycles. The van der Waals surface area contributed by atoms with Gasteiger partial charge in [0.05, 0.1) is 22.5 Å². The predicted molar refractivity (Wildman–Crippen MR) is 98.7 cm³/mol. The first-order chi connectivity index (χ1) is 13.8. The number of anilines is 1. The highest BCUT2D eigenvalue weighted by atomic mass is 19.4. The second kappa shape index (κ2) is 8.17. The summed E-state index contributed by atoms with van der Waals surface area (Å²) in [5.74, 6) is -1.61. The average Bonchev–Trinajstić information content (AvgIpc) is 3.06. The Hall–Kier alpha value is -3.62. The zero-order chi connectivity index (χ0) is 21.0. The number of nitrogens with zero attached hydrogens (tertiary/aromatic N) is 2. The van der Waals surface area contributed by atoms with Gasteiger partial charge in [-0.05, 0) is 31.2 Å². The molecule has 3 aromatic rings. The highest BCUT2D eigenvalue weighted by molar-refractivity contribution is 5.96. The fraction of sp³-hybridized carbons (Fsp3) is 0.150. The maximum Gasteiger partial charge on any atom is 0.417 e. The summed E-state index contributed by atoms with van der Waals surface area (Å²) in [5.41, 5.74) is -0.437. The van der Waals surface area contributed by atoms with Crippen LogP contribution in [0.15, 0.2) is 60.7 Å². The number of nitrogens with one attached hydrogen (secondary N) is 1. The van der Waals surface area contributed by atoms with Crippen LogP contribution < -0.4 is 5.32 Å². The van der Waals surface area contributed by atoms with E-state index in [0.29, 0.717) is 17.2 Å². The van der Waals surface area contributed by atoms with Crippen molar-refractivity contribution in [3.63, 3.8) is 0 Å². The topological polar surface area (TPSA) is 73.2 Å². The van der Waals surface area contributed by atoms with Crippen LogP contribution in [-0.2, 0) is 15.7 Å². The highest BCUT2D eigenvalue weighted by Crippen LogP contribution is 2.32. The Morgan fingerprint density at radius 2 is 1.72 bits per heavy atom. The van der Waals surface area contributed by atoms with Crippen LogP contribution in [0.3, 0.4) is 0 Å². The first-order valence-corrected chi connectivity index (χ1v) is 8.51. The van der Waals surface area contributed by atoms with Crippen LogP contribution in [0, 0.1) is 6.92 Å². The van der Waals surface area contributed by atoms with Crippen LogP contribution in [0.5, 0.6) is 0 Å². The van der Waals surface area contributed by atoms with Gasteiger partial charge in [-0.2, -0.15) is 18.3 Å². The highest BCUT2D eigenvalue weighted by Gasteiger charge is 2.35. The summed E-state index contributed by atoms with van der Waals surface area (Å²) in [7, 11) is 0. The molecule has 0 unspecified atom stereocenters. The number of rotatable bonds is 5. The van der Waals surface area contributed by atoms with Gasteiger partial charge in [0.15, 0.2) is 6.61 Å². The minimum Gasteiger partial charge on any atom is -0.452 e. The number of esters is 1. The van der Waals surface area contributed by atoms with Gasteiger partial charge in [-0.15, -0.1) is 0 Å². The van der Waals surface area contributed by atoms with Crippen molar-refractivity contribution in [2.24, 2.45) is 0 Å². The summed E-state index contributed by atoms with van der Waals surface area (Å²) >= 11 is 0. The maximum absolute atomic E-state index is 13.0. The number of hydrogen-bond acceptors (Lipinski definition) is 4. The molecule has 6 nitrogen and oxygen atoms in total. The van der Waals surface area contributed by atoms with E-state index in [4.69, 9.17) is 4.74 Å². The van der Waals surface area contributed by atoms with Crippen molar-refractivity contribution < 1.29 is 27.5 Å². The summed E-state index contributed by atoms with van der Waals surface area (Å²) in [6.07, 6.45) is -4.71. The molecular weight excluding hydrogens is 387 g/mol. The molecule has 29 heavy (non-hydrogen) atoms. The quantitative estimate of drug-likeness (QED) is 0.654. The Bertz CT molecular complexity index is 1030. The van der Waals surface area contributed by atoms with Crippen molar-refractivity contribution in [3.8, 4) is 5.69 Å². The largest absolute Gasteiger partial charge is 0.452 e. The minimum atomic E-state index is -4.71. The van der Waals surface area contributed by atoms with Gasteiger partial charge in [-0.25, -0.2) is 9.48 Å². The van der Waals surface area contributed by atoms with Crippen LogP contribution in [0.4, 0.5) is 19.0 Å². The molecule has 1 N–H and O–H groups in total. The smallest absolute Gasteiger partial charge is 0.417 e. The molecule has 0 radical (unpaired) electrons. The number of carbonyl (C=O) groups is 2. The molecule has 9 heteroatoms. The Kier molecular flexibility index (Phi) is 5.67. The Labute approximate surface area is 163 Å². The van der Waals surface area contributed by atoms with Crippen LogP contribution in [-0.4, -0.2) is 28.3 Å². The molecule has 3 rings (SSSR count). The molecule has 0 aliphatic rings. The number of halogens is 3. The van der Waals surface area contributed by atoms with E-state index in [-0.39, 0.29) is 0 Å². The molecule has 1 aromatic heterocycles. The van der Waals surface area contributed by atoms with Gasteiger partial charge in [-0.3, -0.25) is 4.79 Å². The number of alkyl halides is 3. The number of hydrogen-bond donors (Lipinski definition) is 1. The zero-order valence-electron chi connectivity index (χ0n) is 15.2. The van der Waals surface area contributed by atoms with Crippen molar-refractivity contribution in [2.75, 3.05) is 11.9 Å². The van der Waals surface area contributed by atoms with E-state index in [1.165, 1.54) is 16.8 Å². The van der Waals surface area contributed by atoms with Gasteiger partial charge in [0.2, 0.25) is 0 Å². The monoisotopic (exact) mass is 403 g/mol. The second-order valence-electron chi connectivity index (χ2n) is 6.09. The maximum atomic E-state index is 13.0. The van der Waals surface area contributed by atoms with Gasteiger partial charge in [0.1, 0.15) is 5.82 Å². The number of carbonyl (C=O) groups excluding carboxylic acids is 2. The van der Waals surface area contributed by atoms with Crippen molar-refractivity contribution in [2.45, 2.75) is 13.1 Å². The molecule has 0 aliphatic carbocycles. The van der Waals surface area contributed by atoms with E-state index in [0.717, 1.165) is 12.1 Å². The van der Waals surface area contributed by atoms with E-state index in [1.807, 2.05) is 6.07 Å². The van der Waals surface area contributed by atoms with E-state index in [1.54, 1.807) is 37.3 Å². The summed E-state index contributed by atoms with van der Waals surface area (Å²) in [6.45, 7) is 0.993. The summed E-state index contributed by atoms with van der Waals surface area (Å²) < 4.78 is 45.3. The standard InChI is InChI=1S/C20H16F3N3O3/c1-13-11-17(26(25-13)14-7-3-2-4-8-14)24-18(27)12-29-19(28)15-9-5-6-10-16(15)20(21,22)23/h2-11H,12H2,1H3,(H,24,27). The number of para-hydroxylation sites is 1. The van der Waals surface area contributed by atoms with Crippen molar-refractivity contribution in [1.82, 2.24) is 9.78 Å². The first-order valence-electron chi connectivity index (χ1n) is 8.51. The average molecular weight is 403 g/mol. The molecule has 0 atom stereocenters. The summed E-state index contributed by atoms with van der Waals surface area (Å²) in [4.78, 5) is 24.2. The van der Waals surface area contributed by atoms with Crippen LogP contribution in [0.25, 0.3) is 5.69 Å². The van der Waals surface area contributed by atoms with E-state index in [9.17, 15) is 22.8 Å². The summed E-state index contributed by atoms with van der Waals surface area (Å²) in [6, 6.07) is 14.9. The van der Waals surface area contributed by atoms with Crippen LogP contribution >= 0.6 is 0 Å². The minimum absolute atomic E-state index is 0.338. The normalized spacial score (nSPS) is 11.2. The number of amides is 1. The Morgan fingerprint density at radius 3 is 2.41 bits per heavy atom. The van der Waals surface area contributed by atoms with Gasteiger partial charge in [-0.1, -0.05) is 30.3 Å². The SMILES string of the molecule is Cc1cc(NC(=O)COC(=O)c2ccccc2C(F)(F)F)n(-c2ccccc2)n1. The molecule has 0 bridgehead atoms. The zero-order valence-corrected chi connectivity index (χ0v) is 15.2. The fourth-order valence-corrected chi connectivity index (χ4v) is 2.65. The Morgan fingerprint density at radius 1 is 1.07 bits per heavy atom. The van der Waals surface area contributed by atoms with Crippen molar-refractivity contribution in [1.29, 1.82) is 0 Å². The molecular formula is C20H16F3N3O3. The predicted octanol–water partition coefficient (Wildman–Crippen LogP) is 4.00. The van der Waals surface area contributed by atoms with Gasteiger partial charge in [0.25, 0.3) is 5.91 Å². The van der Waals surface area contributed by atoms with Crippen molar-refractivity contribution >= 4 is 17.7 Å². The lowest BCUT2D eigenvalue weighted by Gasteiger charge is -2.12. The lowest BCUT2D eigenvalue weighted by molar-refractivity contribution is -0.138. The third kappa shape index (κ3) is 4.81. The van der Waals surface area contributed by atoms with Crippen molar-refractivity contribution in [3.05, 3.63) is 77.5 Å². The third-order valence-corrected chi connectivity index (χ3v) is 3.89. The van der Waals surface area contributed by atoms with Gasteiger partial charge >= 0.3 is 12.1 Å². The molecule has 1 amide bonds. The number of ether oxygens (including phenoxy) is 1. The Balaban J connectivity index is 1.69. The third-order valence-electron chi connectivity index (χ3n) is 3.89. The van der Waals surface area contributed by atoms with E-state index in [2.05, 4.69) is 10.4 Å². The number of aromatic nitrogens is 2. The second-order valence-corrected chi connectivity index (χ2v) is 6.09. The molecule has 1 heterocycles. The number of benzene rings is 2. The molecule has 0 saturated heterocycles. The molecule has 0 fully saturated rings. The van der Waals surface area contributed by atoms with Crippen LogP contribution in [0.1, 0.15) is 21.6 Å². The fourth-order valence-electron chi connectivity index (χ4n) is 2.65. The first kappa shape index (κ1) is 20.1. The van der Waals surface area contributed by atoms with Gasteiger partial charge < -0.3 is 10.1 Å². The van der Waals surface area contributed by atoms with E-state index >= 15 is 0 Å². The summed E-state index contributed by atoms with van der Waals surface area (Å²) in [5, 5.41) is 6.83. The number of aryl methyl sites for hydroxylation is 1. The molecule has 0 spiro atoms.